The van der Waals surface area contributed by atoms with Crippen LogP contribution in [-0.2, 0) is 22.6 Å². The Kier molecular flexibility index (Phi) is 4.02. The Morgan fingerprint density at radius 1 is 0.778 bits per heavy atom. The largest absolute Gasteiger partial charge is 0.361 e. The summed E-state index contributed by atoms with van der Waals surface area (Å²) in [5.41, 5.74) is 4.69. The van der Waals surface area contributed by atoms with Crippen LogP contribution in [0.1, 0.15) is 22.6 Å². The predicted molar refractivity (Wildman–Crippen MR) is 106 cm³/mol. The van der Waals surface area contributed by atoms with Crippen LogP contribution in [0.5, 0.6) is 0 Å². The number of carbonyl (C=O) groups excluding carboxylic acids is 1. The highest BCUT2D eigenvalue weighted by atomic mass is 16.5. The monoisotopic (exact) mass is 355 g/mol. The molecule has 134 valence electrons. The highest BCUT2D eigenvalue weighted by molar-refractivity contribution is 6.07. The average molecular weight is 355 g/mol. The van der Waals surface area contributed by atoms with Gasteiger partial charge in [0.25, 0.3) is 5.91 Å². The third kappa shape index (κ3) is 2.75. The molecule has 0 saturated carbocycles. The Balaban J connectivity index is 1.41. The zero-order chi connectivity index (χ0) is 18.2. The lowest BCUT2D eigenvalue weighted by atomic mass is 9.83. The minimum absolute atomic E-state index is 0.0822. The summed E-state index contributed by atoms with van der Waals surface area (Å²) in [6.45, 7) is 0.468. The number of carbonyl (C=O) groups is 1. The highest BCUT2D eigenvalue weighted by Gasteiger charge is 2.57. The first kappa shape index (κ1) is 16.3. The van der Waals surface area contributed by atoms with Gasteiger partial charge in [-0.05, 0) is 29.2 Å². The molecule has 3 nitrogen and oxygen atoms in total. The topological polar surface area (TPSA) is 29.5 Å². The number of hydrogen-bond acceptors (Lipinski definition) is 2. The molecule has 2 aliphatic rings. The number of amides is 1. The van der Waals surface area contributed by atoms with Gasteiger partial charge in [-0.2, -0.15) is 0 Å². The van der Waals surface area contributed by atoms with Crippen molar-refractivity contribution in [3.8, 4) is 0 Å². The normalized spacial score (nSPS) is 22.9. The molecule has 0 aromatic heterocycles. The number of nitrogens with zero attached hydrogens (tertiary/aromatic N) is 1. The summed E-state index contributed by atoms with van der Waals surface area (Å²) in [7, 11) is 0. The maximum atomic E-state index is 12.8. The number of para-hydroxylation sites is 1. The van der Waals surface area contributed by atoms with Crippen LogP contribution in [0, 0.1) is 0 Å². The van der Waals surface area contributed by atoms with Gasteiger partial charge >= 0.3 is 0 Å². The summed E-state index contributed by atoms with van der Waals surface area (Å²) >= 11 is 0. The molecule has 0 radical (unpaired) electrons. The fourth-order valence-corrected chi connectivity index (χ4v) is 4.39. The van der Waals surface area contributed by atoms with Crippen LogP contribution in [0.25, 0.3) is 0 Å². The van der Waals surface area contributed by atoms with Crippen molar-refractivity contribution in [2.75, 3.05) is 4.90 Å². The number of β-lactam (4-membered cyclic amide) rings is 1. The van der Waals surface area contributed by atoms with Crippen molar-refractivity contribution in [3.63, 3.8) is 0 Å². The van der Waals surface area contributed by atoms with Crippen molar-refractivity contribution >= 4 is 11.6 Å². The van der Waals surface area contributed by atoms with Crippen molar-refractivity contribution in [3.05, 3.63) is 102 Å². The first-order valence-electron chi connectivity index (χ1n) is 9.44. The molecule has 1 fully saturated rings. The Labute approximate surface area is 159 Å². The van der Waals surface area contributed by atoms with Gasteiger partial charge in [0, 0.05) is 11.6 Å². The Morgan fingerprint density at radius 3 is 2.15 bits per heavy atom. The number of benzene rings is 3. The van der Waals surface area contributed by atoms with Gasteiger partial charge in [-0.25, -0.2) is 0 Å². The molecule has 0 N–H and O–H groups in total. The van der Waals surface area contributed by atoms with E-state index in [2.05, 4.69) is 42.5 Å². The van der Waals surface area contributed by atoms with E-state index in [1.807, 2.05) is 47.4 Å². The van der Waals surface area contributed by atoms with Crippen LogP contribution >= 0.6 is 0 Å². The van der Waals surface area contributed by atoms with Crippen molar-refractivity contribution in [2.24, 2.45) is 0 Å². The summed E-state index contributed by atoms with van der Waals surface area (Å²) in [6, 6.07) is 28.9. The summed E-state index contributed by atoms with van der Waals surface area (Å²) in [5, 5.41) is 0. The SMILES string of the molecule is O=C1[C@@H](OCc2ccccc2)[C@H]2[C@H](Cc3ccccc3)c3ccccc3N12. The second kappa shape index (κ2) is 6.67. The van der Waals surface area contributed by atoms with Gasteiger partial charge in [0.1, 0.15) is 0 Å². The van der Waals surface area contributed by atoms with Crippen molar-refractivity contribution < 1.29 is 9.53 Å². The summed E-state index contributed by atoms with van der Waals surface area (Å²) in [4.78, 5) is 14.8. The van der Waals surface area contributed by atoms with Crippen LogP contribution in [0.4, 0.5) is 5.69 Å². The van der Waals surface area contributed by atoms with Crippen LogP contribution in [0.3, 0.4) is 0 Å². The molecular weight excluding hydrogens is 334 g/mol. The molecule has 3 atom stereocenters. The van der Waals surface area contributed by atoms with E-state index in [0.29, 0.717) is 6.61 Å². The summed E-state index contributed by atoms with van der Waals surface area (Å²) < 4.78 is 6.10. The van der Waals surface area contributed by atoms with Crippen LogP contribution in [0.2, 0.25) is 0 Å². The Morgan fingerprint density at radius 2 is 1.41 bits per heavy atom. The predicted octanol–water partition coefficient (Wildman–Crippen LogP) is 4.33. The Hall–Kier alpha value is -2.91. The summed E-state index contributed by atoms with van der Waals surface area (Å²) in [5.74, 6) is 0.348. The standard InChI is InChI=1S/C24H21NO2/c26-24-23(27-16-18-11-5-2-6-12-18)22-20(15-17-9-3-1-4-10-17)19-13-7-8-14-21(19)25(22)24/h1-14,20,22-23H,15-16H2/t20-,22-,23+/m1/s1. The molecule has 0 bridgehead atoms. The van der Waals surface area contributed by atoms with Gasteiger partial charge in [-0.1, -0.05) is 78.9 Å². The van der Waals surface area contributed by atoms with Gasteiger partial charge in [-0.15, -0.1) is 0 Å². The molecule has 3 heteroatoms. The lowest BCUT2D eigenvalue weighted by Crippen LogP contribution is -2.65. The van der Waals surface area contributed by atoms with E-state index in [0.717, 1.165) is 17.7 Å². The van der Waals surface area contributed by atoms with Gasteiger partial charge in [0.2, 0.25) is 0 Å². The molecule has 2 heterocycles. The minimum atomic E-state index is -0.369. The number of ether oxygens (including phenoxy) is 1. The third-order valence-electron chi connectivity index (χ3n) is 5.67. The summed E-state index contributed by atoms with van der Waals surface area (Å²) in [6.07, 6.45) is 0.545. The maximum absolute atomic E-state index is 12.8. The molecule has 0 spiro atoms. The molecule has 3 aromatic carbocycles. The zero-order valence-electron chi connectivity index (χ0n) is 15.0. The first-order valence-corrected chi connectivity index (χ1v) is 9.44. The van der Waals surface area contributed by atoms with Gasteiger partial charge in [0.05, 0.1) is 12.6 Å². The van der Waals surface area contributed by atoms with E-state index in [1.54, 1.807) is 0 Å². The molecule has 1 saturated heterocycles. The second-order valence-corrected chi connectivity index (χ2v) is 7.27. The molecule has 27 heavy (non-hydrogen) atoms. The van der Waals surface area contributed by atoms with E-state index in [9.17, 15) is 4.79 Å². The lowest BCUT2D eigenvalue weighted by Gasteiger charge is -2.44. The molecular formula is C24H21NO2. The van der Waals surface area contributed by atoms with Gasteiger partial charge in [0.15, 0.2) is 6.10 Å². The van der Waals surface area contributed by atoms with Crippen molar-refractivity contribution in [2.45, 2.75) is 31.1 Å². The van der Waals surface area contributed by atoms with Crippen molar-refractivity contribution in [1.82, 2.24) is 0 Å². The van der Waals surface area contributed by atoms with Gasteiger partial charge in [-0.3, -0.25) is 4.79 Å². The van der Waals surface area contributed by atoms with Crippen LogP contribution < -0.4 is 4.90 Å². The molecule has 0 aliphatic carbocycles. The molecule has 1 amide bonds. The average Bonchev–Trinajstić information content (AvgIpc) is 3.00. The maximum Gasteiger partial charge on any atom is 0.258 e. The molecule has 3 aromatic rings. The van der Waals surface area contributed by atoms with Crippen LogP contribution in [-0.4, -0.2) is 18.1 Å². The molecule has 2 aliphatic heterocycles. The van der Waals surface area contributed by atoms with Crippen molar-refractivity contribution in [1.29, 1.82) is 0 Å². The van der Waals surface area contributed by atoms with E-state index >= 15 is 0 Å². The fraction of sp³-hybridized carbons (Fsp3) is 0.208. The minimum Gasteiger partial charge on any atom is -0.361 e. The third-order valence-corrected chi connectivity index (χ3v) is 5.67. The van der Waals surface area contributed by atoms with E-state index in [-0.39, 0.29) is 24.0 Å². The number of anilines is 1. The number of rotatable bonds is 5. The zero-order valence-corrected chi connectivity index (χ0v) is 15.0. The Bertz CT molecular complexity index is 954. The quantitative estimate of drug-likeness (QED) is 0.638. The fourth-order valence-electron chi connectivity index (χ4n) is 4.39. The van der Waals surface area contributed by atoms with E-state index < -0.39 is 0 Å². The van der Waals surface area contributed by atoms with E-state index in [1.165, 1.54) is 11.1 Å². The van der Waals surface area contributed by atoms with Gasteiger partial charge < -0.3 is 9.64 Å². The molecule has 0 unspecified atom stereocenters. The molecule has 5 rings (SSSR count). The van der Waals surface area contributed by atoms with Crippen LogP contribution in [0.15, 0.2) is 84.9 Å². The highest BCUT2D eigenvalue weighted by Crippen LogP contribution is 2.50. The van der Waals surface area contributed by atoms with E-state index in [4.69, 9.17) is 4.74 Å². The smallest absolute Gasteiger partial charge is 0.258 e. The lowest BCUT2D eigenvalue weighted by molar-refractivity contribution is -0.143. The first-order chi connectivity index (χ1) is 13.3. The second-order valence-electron chi connectivity index (χ2n) is 7.27. The number of hydrogen-bond donors (Lipinski definition) is 0. The number of fused-ring (bicyclic) bond motifs is 3.